The second-order valence-corrected chi connectivity index (χ2v) is 1.45. The molecule has 0 N–H and O–H groups in total. The third-order valence-corrected chi connectivity index (χ3v) is 0.577. The summed E-state index contributed by atoms with van der Waals surface area (Å²) in [7, 11) is 0. The maximum absolute atomic E-state index is 9.26. The van der Waals surface area contributed by atoms with Crippen molar-refractivity contribution in [2.45, 2.75) is 26.7 Å². The van der Waals surface area contributed by atoms with Crippen LogP contribution in [0.4, 0.5) is 0 Å². The fraction of sp³-hybridized carbons (Fsp3) is 0.667. The van der Waals surface area contributed by atoms with Crippen LogP contribution in [-0.4, -0.2) is 11.9 Å². The number of carboxylic acids is 2. The molecule has 0 radical (unpaired) electrons. The molecule has 0 saturated heterocycles. The van der Waals surface area contributed by atoms with Crippen molar-refractivity contribution in [3.8, 4) is 0 Å². The van der Waals surface area contributed by atoms with E-state index < -0.39 is 11.9 Å². The van der Waals surface area contributed by atoms with Crippen molar-refractivity contribution in [2.75, 3.05) is 0 Å². The molecule has 0 aliphatic heterocycles. The van der Waals surface area contributed by atoms with Gasteiger partial charge in [-0.1, -0.05) is 13.8 Å². The molecule has 0 aliphatic carbocycles. The standard InChI is InChI=1S/2C3H6O2.2Li/c2*1-2-3(4)5;;/h2*2H2,1H3,(H,4,5);;/q;;2*+1/p-2. The second-order valence-electron chi connectivity index (χ2n) is 1.45. The van der Waals surface area contributed by atoms with Gasteiger partial charge in [-0.15, -0.1) is 0 Å². The van der Waals surface area contributed by atoms with Gasteiger partial charge in [-0.05, 0) is 12.8 Å². The van der Waals surface area contributed by atoms with Crippen molar-refractivity contribution in [2.24, 2.45) is 0 Å². The van der Waals surface area contributed by atoms with Crippen LogP contribution in [0.1, 0.15) is 26.7 Å². The summed E-state index contributed by atoms with van der Waals surface area (Å²) in [5.74, 6) is -1.99. The number of carbonyl (C=O) groups excluding carboxylic acids is 2. The van der Waals surface area contributed by atoms with Gasteiger partial charge >= 0.3 is 37.7 Å². The largest absolute Gasteiger partial charge is 1.00 e. The summed E-state index contributed by atoms with van der Waals surface area (Å²) < 4.78 is 0. The van der Waals surface area contributed by atoms with Gasteiger partial charge in [0.15, 0.2) is 0 Å². The summed E-state index contributed by atoms with van der Waals surface area (Å²) in [6.45, 7) is 3.07. The number of hydrogen-bond acceptors (Lipinski definition) is 4. The summed E-state index contributed by atoms with van der Waals surface area (Å²) >= 11 is 0. The van der Waals surface area contributed by atoms with Gasteiger partial charge in [-0.3, -0.25) is 0 Å². The van der Waals surface area contributed by atoms with E-state index in [0.29, 0.717) is 0 Å². The fourth-order valence-corrected chi connectivity index (χ4v) is 0. The molecule has 0 bridgehead atoms. The van der Waals surface area contributed by atoms with Gasteiger partial charge in [0.25, 0.3) is 0 Å². The van der Waals surface area contributed by atoms with E-state index in [9.17, 15) is 19.8 Å². The first kappa shape index (κ1) is 22.7. The Morgan fingerprint density at radius 1 is 0.917 bits per heavy atom. The predicted octanol–water partition coefficient (Wildman–Crippen LogP) is -7.70. The number of hydrogen-bond donors (Lipinski definition) is 0. The molecular weight excluding hydrogens is 150 g/mol. The summed E-state index contributed by atoms with van der Waals surface area (Å²) in [6, 6.07) is 0. The van der Waals surface area contributed by atoms with Gasteiger partial charge < -0.3 is 19.8 Å². The van der Waals surface area contributed by atoms with Crippen molar-refractivity contribution in [1.82, 2.24) is 0 Å². The maximum Gasteiger partial charge on any atom is 1.00 e. The van der Waals surface area contributed by atoms with Crippen LogP contribution in [-0.2, 0) is 9.59 Å². The van der Waals surface area contributed by atoms with E-state index in [1.807, 2.05) is 0 Å². The maximum atomic E-state index is 9.26. The monoisotopic (exact) mass is 160 g/mol. The minimum atomic E-state index is -0.995. The summed E-state index contributed by atoms with van der Waals surface area (Å²) in [5, 5.41) is 18.5. The Labute approximate surface area is 96.1 Å². The van der Waals surface area contributed by atoms with Crippen LogP contribution >= 0.6 is 0 Å². The predicted molar refractivity (Wildman–Crippen MR) is 30.6 cm³/mol. The Hall–Kier alpha value is 0.135. The SMILES string of the molecule is CCC(=O)[O-].CCC(=O)[O-].[Li+].[Li+]. The summed E-state index contributed by atoms with van der Waals surface area (Å²) in [5.41, 5.74) is 0. The van der Waals surface area contributed by atoms with Crippen LogP contribution in [0, 0.1) is 0 Å². The van der Waals surface area contributed by atoms with Gasteiger partial charge in [-0.2, -0.15) is 0 Å². The zero-order valence-electron chi connectivity index (χ0n) is 8.05. The molecule has 60 valence electrons. The molecule has 12 heavy (non-hydrogen) atoms. The van der Waals surface area contributed by atoms with Crippen molar-refractivity contribution < 1.29 is 57.5 Å². The molecule has 0 aromatic carbocycles. The van der Waals surface area contributed by atoms with Crippen LogP contribution in [0.2, 0.25) is 0 Å². The molecule has 0 saturated carbocycles. The van der Waals surface area contributed by atoms with Crippen LogP contribution in [0.15, 0.2) is 0 Å². The van der Waals surface area contributed by atoms with Crippen molar-refractivity contribution in [3.05, 3.63) is 0 Å². The molecule has 6 heteroatoms. The first-order chi connectivity index (χ1) is 4.54. The van der Waals surface area contributed by atoms with Crippen molar-refractivity contribution in [1.29, 1.82) is 0 Å². The molecule has 0 spiro atoms. The smallest absolute Gasteiger partial charge is 0.550 e. The Bertz CT molecular complexity index is 102. The Balaban J connectivity index is -0.0000000457. The summed E-state index contributed by atoms with van der Waals surface area (Å²) in [6.07, 6.45) is 0.222. The van der Waals surface area contributed by atoms with E-state index >= 15 is 0 Å². The molecule has 0 aliphatic rings. The van der Waals surface area contributed by atoms with Gasteiger partial charge in [0.05, 0.1) is 0 Å². The van der Waals surface area contributed by atoms with Gasteiger partial charge in [-0.25, -0.2) is 0 Å². The van der Waals surface area contributed by atoms with Gasteiger partial charge in [0.1, 0.15) is 0 Å². The Morgan fingerprint density at radius 2 is 1.00 bits per heavy atom. The molecular formula is C6H10Li2O4. The van der Waals surface area contributed by atoms with Crippen LogP contribution in [0.3, 0.4) is 0 Å². The fourth-order valence-electron chi connectivity index (χ4n) is 0. The second kappa shape index (κ2) is 17.3. The average Bonchev–Trinajstić information content (AvgIpc) is 1.89. The topological polar surface area (TPSA) is 80.3 Å². The van der Waals surface area contributed by atoms with E-state index in [4.69, 9.17) is 0 Å². The van der Waals surface area contributed by atoms with Crippen LogP contribution in [0.25, 0.3) is 0 Å². The molecule has 0 amide bonds. The third-order valence-electron chi connectivity index (χ3n) is 0.577. The van der Waals surface area contributed by atoms with Gasteiger partial charge in [0.2, 0.25) is 0 Å². The van der Waals surface area contributed by atoms with E-state index in [0.717, 1.165) is 0 Å². The molecule has 0 fully saturated rings. The first-order valence-corrected chi connectivity index (χ1v) is 2.94. The van der Waals surface area contributed by atoms with E-state index in [2.05, 4.69) is 0 Å². The average molecular weight is 160 g/mol. The van der Waals surface area contributed by atoms with Crippen LogP contribution < -0.4 is 47.9 Å². The zero-order valence-corrected chi connectivity index (χ0v) is 8.05. The number of carbonyl (C=O) groups is 2. The van der Waals surface area contributed by atoms with Gasteiger partial charge in [0, 0.05) is 11.9 Å². The molecule has 0 heterocycles. The van der Waals surface area contributed by atoms with Crippen LogP contribution in [0.5, 0.6) is 0 Å². The molecule has 4 nitrogen and oxygen atoms in total. The zero-order chi connectivity index (χ0) is 8.57. The van der Waals surface area contributed by atoms with Crippen molar-refractivity contribution in [3.63, 3.8) is 0 Å². The third kappa shape index (κ3) is 49.5. The Kier molecular flexibility index (Phi) is 32.7. The Morgan fingerprint density at radius 3 is 1.00 bits per heavy atom. The number of carboxylic acid groups (broad SMARTS) is 2. The molecule has 0 aromatic heterocycles. The summed E-state index contributed by atoms with van der Waals surface area (Å²) in [4.78, 5) is 18.5. The first-order valence-electron chi connectivity index (χ1n) is 2.94. The number of rotatable bonds is 2. The quantitative estimate of drug-likeness (QED) is 0.376. The minimum absolute atomic E-state index is 0. The molecule has 0 atom stereocenters. The molecule has 0 rings (SSSR count). The molecule has 0 aromatic rings. The van der Waals surface area contributed by atoms with Crippen molar-refractivity contribution >= 4 is 11.9 Å². The molecule has 0 unspecified atom stereocenters. The number of aliphatic carboxylic acids is 2. The van der Waals surface area contributed by atoms with E-state index in [-0.39, 0.29) is 50.6 Å². The van der Waals surface area contributed by atoms with E-state index in [1.165, 1.54) is 13.8 Å². The van der Waals surface area contributed by atoms with E-state index in [1.54, 1.807) is 0 Å². The normalized spacial score (nSPS) is 6.17. The minimum Gasteiger partial charge on any atom is -0.550 e.